The average molecular weight is 384 g/mol. The number of halogens is 1. The molecule has 1 N–H and O–H groups in total. The van der Waals surface area contributed by atoms with E-state index in [1.54, 1.807) is 0 Å². The number of carbonyl (C=O) groups excluding carboxylic acids is 1. The van der Waals surface area contributed by atoms with Gasteiger partial charge in [0.1, 0.15) is 0 Å². The predicted octanol–water partition coefficient (Wildman–Crippen LogP) is 3.74. The maximum Gasteiger partial charge on any atom is 0.239 e. The number of amides is 1. The Morgan fingerprint density at radius 1 is 1.00 bits per heavy atom. The highest BCUT2D eigenvalue weighted by molar-refractivity contribution is 6.30. The zero-order chi connectivity index (χ0) is 18.6. The molecule has 4 nitrogen and oxygen atoms in total. The van der Waals surface area contributed by atoms with Gasteiger partial charge in [0, 0.05) is 31.2 Å². The Bertz CT molecular complexity index is 788. The Hall–Kier alpha value is -2.20. The Morgan fingerprint density at radius 2 is 1.67 bits per heavy atom. The van der Waals surface area contributed by atoms with Gasteiger partial charge in [0.15, 0.2) is 0 Å². The fourth-order valence-corrected chi connectivity index (χ4v) is 3.80. The Balaban J connectivity index is 1.31. The number of fused-ring (bicyclic) bond motifs is 1. The van der Waals surface area contributed by atoms with E-state index < -0.39 is 0 Å². The second-order valence-electron chi connectivity index (χ2n) is 7.53. The van der Waals surface area contributed by atoms with Crippen molar-refractivity contribution in [1.29, 1.82) is 0 Å². The highest BCUT2D eigenvalue weighted by atomic mass is 35.5. The smallest absolute Gasteiger partial charge is 0.239 e. The van der Waals surface area contributed by atoms with Crippen LogP contribution in [-0.4, -0.2) is 38.6 Å². The van der Waals surface area contributed by atoms with Crippen molar-refractivity contribution in [2.75, 3.05) is 42.5 Å². The molecule has 142 valence electrons. The number of carbonyl (C=O) groups is 1. The summed E-state index contributed by atoms with van der Waals surface area (Å²) in [5.74, 6) is 0.940. The molecular formula is C22H26ClN3O. The zero-order valence-electron chi connectivity index (χ0n) is 15.5. The third kappa shape index (κ3) is 4.75. The SMILES string of the molecule is O=C(CN1CCN(CC2CC2)c2ccccc21)NCCc1ccc(Cl)cc1. The highest BCUT2D eigenvalue weighted by Crippen LogP contribution is 2.37. The maximum absolute atomic E-state index is 12.4. The number of rotatable bonds is 7. The molecule has 0 spiro atoms. The molecule has 0 aromatic heterocycles. The number of para-hydroxylation sites is 2. The molecule has 1 amide bonds. The number of hydrogen-bond donors (Lipinski definition) is 1. The van der Waals surface area contributed by atoms with E-state index in [-0.39, 0.29) is 5.91 Å². The summed E-state index contributed by atoms with van der Waals surface area (Å²) in [5.41, 5.74) is 3.63. The van der Waals surface area contributed by atoms with Crippen molar-refractivity contribution in [3.63, 3.8) is 0 Å². The number of nitrogens with one attached hydrogen (secondary N) is 1. The maximum atomic E-state index is 12.4. The van der Waals surface area contributed by atoms with Crippen molar-refractivity contribution in [2.24, 2.45) is 5.92 Å². The van der Waals surface area contributed by atoms with E-state index in [2.05, 4.69) is 39.4 Å². The van der Waals surface area contributed by atoms with Crippen LogP contribution < -0.4 is 15.1 Å². The molecule has 1 heterocycles. The lowest BCUT2D eigenvalue weighted by molar-refractivity contribution is -0.119. The topological polar surface area (TPSA) is 35.6 Å². The first-order valence-electron chi connectivity index (χ1n) is 9.79. The van der Waals surface area contributed by atoms with Gasteiger partial charge in [-0.3, -0.25) is 4.79 Å². The lowest BCUT2D eigenvalue weighted by atomic mass is 10.1. The summed E-state index contributed by atoms with van der Waals surface area (Å²) < 4.78 is 0. The van der Waals surface area contributed by atoms with E-state index in [1.165, 1.54) is 29.8 Å². The molecule has 2 aliphatic rings. The van der Waals surface area contributed by atoms with Crippen molar-refractivity contribution < 1.29 is 4.79 Å². The summed E-state index contributed by atoms with van der Waals surface area (Å²) in [4.78, 5) is 17.1. The lowest BCUT2D eigenvalue weighted by Crippen LogP contribution is -2.46. The monoisotopic (exact) mass is 383 g/mol. The first-order chi connectivity index (χ1) is 13.2. The average Bonchev–Trinajstić information content (AvgIpc) is 3.49. The molecule has 27 heavy (non-hydrogen) atoms. The number of hydrogen-bond acceptors (Lipinski definition) is 3. The molecule has 2 aromatic rings. The van der Waals surface area contributed by atoms with Crippen molar-refractivity contribution >= 4 is 28.9 Å². The molecule has 4 rings (SSSR count). The van der Waals surface area contributed by atoms with Crippen LogP contribution in [0.3, 0.4) is 0 Å². The summed E-state index contributed by atoms with van der Waals surface area (Å²) in [5, 5.41) is 3.79. The summed E-state index contributed by atoms with van der Waals surface area (Å²) >= 11 is 5.91. The Labute approximate surface area is 166 Å². The van der Waals surface area contributed by atoms with Gasteiger partial charge in [0.05, 0.1) is 17.9 Å². The van der Waals surface area contributed by atoms with E-state index in [9.17, 15) is 4.79 Å². The molecule has 1 aliphatic heterocycles. The van der Waals surface area contributed by atoms with Gasteiger partial charge in [-0.15, -0.1) is 0 Å². The third-order valence-corrected chi connectivity index (χ3v) is 5.61. The van der Waals surface area contributed by atoms with E-state index >= 15 is 0 Å². The molecular weight excluding hydrogens is 358 g/mol. The van der Waals surface area contributed by atoms with Crippen molar-refractivity contribution in [3.8, 4) is 0 Å². The standard InChI is InChI=1S/C22H26ClN3O/c23-19-9-7-17(8-10-19)11-12-24-22(27)16-26-14-13-25(15-18-5-6-18)20-3-1-2-4-21(20)26/h1-4,7-10,18H,5-6,11-16H2,(H,24,27). The number of anilines is 2. The minimum atomic E-state index is 0.0782. The molecule has 0 bridgehead atoms. The van der Waals surface area contributed by atoms with E-state index in [4.69, 9.17) is 11.6 Å². The van der Waals surface area contributed by atoms with Crippen LogP contribution in [0.25, 0.3) is 0 Å². The van der Waals surface area contributed by atoms with E-state index in [1.807, 2.05) is 24.3 Å². The third-order valence-electron chi connectivity index (χ3n) is 5.36. The summed E-state index contributed by atoms with van der Waals surface area (Å²) in [7, 11) is 0. The normalized spacial score (nSPS) is 16.2. The van der Waals surface area contributed by atoms with Gasteiger partial charge in [0.25, 0.3) is 0 Å². The van der Waals surface area contributed by atoms with Gasteiger partial charge in [-0.05, 0) is 55.0 Å². The van der Waals surface area contributed by atoms with Crippen LogP contribution in [0, 0.1) is 5.92 Å². The summed E-state index contributed by atoms with van der Waals surface area (Å²) in [6, 6.07) is 16.2. The quantitative estimate of drug-likeness (QED) is 0.791. The van der Waals surface area contributed by atoms with E-state index in [0.29, 0.717) is 13.1 Å². The Morgan fingerprint density at radius 3 is 2.37 bits per heavy atom. The fourth-order valence-electron chi connectivity index (χ4n) is 3.67. The van der Waals surface area contributed by atoms with Crippen LogP contribution in [0.2, 0.25) is 5.02 Å². The van der Waals surface area contributed by atoms with Gasteiger partial charge in [-0.1, -0.05) is 35.9 Å². The summed E-state index contributed by atoms with van der Waals surface area (Å²) in [6.07, 6.45) is 3.53. The lowest BCUT2D eigenvalue weighted by Gasteiger charge is -2.38. The zero-order valence-corrected chi connectivity index (χ0v) is 16.3. The molecule has 0 saturated heterocycles. The van der Waals surface area contributed by atoms with Gasteiger partial charge in [-0.25, -0.2) is 0 Å². The molecule has 0 radical (unpaired) electrons. The minimum absolute atomic E-state index is 0.0782. The Kier molecular flexibility index (Phi) is 5.53. The first-order valence-corrected chi connectivity index (χ1v) is 10.2. The molecule has 0 unspecified atom stereocenters. The van der Waals surface area contributed by atoms with Crippen molar-refractivity contribution in [2.45, 2.75) is 19.3 Å². The molecule has 1 fully saturated rings. The number of nitrogens with zero attached hydrogens (tertiary/aromatic N) is 2. The molecule has 1 saturated carbocycles. The second-order valence-corrected chi connectivity index (χ2v) is 7.96. The van der Waals surface area contributed by atoms with Gasteiger partial charge in [-0.2, -0.15) is 0 Å². The molecule has 1 aliphatic carbocycles. The first kappa shape index (κ1) is 18.2. The van der Waals surface area contributed by atoms with Crippen LogP contribution in [-0.2, 0) is 11.2 Å². The van der Waals surface area contributed by atoms with Gasteiger partial charge in [0.2, 0.25) is 5.91 Å². The van der Waals surface area contributed by atoms with Crippen LogP contribution in [0.1, 0.15) is 18.4 Å². The molecule has 5 heteroatoms. The predicted molar refractivity (Wildman–Crippen MR) is 112 cm³/mol. The van der Waals surface area contributed by atoms with Gasteiger partial charge >= 0.3 is 0 Å². The summed E-state index contributed by atoms with van der Waals surface area (Å²) in [6.45, 7) is 4.09. The van der Waals surface area contributed by atoms with E-state index in [0.717, 1.165) is 37.0 Å². The van der Waals surface area contributed by atoms with Crippen LogP contribution in [0.4, 0.5) is 11.4 Å². The molecule has 0 atom stereocenters. The van der Waals surface area contributed by atoms with Crippen LogP contribution in [0.15, 0.2) is 48.5 Å². The molecule has 2 aromatic carbocycles. The van der Waals surface area contributed by atoms with Crippen molar-refractivity contribution in [3.05, 3.63) is 59.1 Å². The minimum Gasteiger partial charge on any atom is -0.368 e. The number of benzene rings is 2. The largest absolute Gasteiger partial charge is 0.368 e. The highest BCUT2D eigenvalue weighted by Gasteiger charge is 2.29. The van der Waals surface area contributed by atoms with Crippen molar-refractivity contribution in [1.82, 2.24) is 5.32 Å². The fraction of sp³-hybridized carbons (Fsp3) is 0.409. The van der Waals surface area contributed by atoms with Gasteiger partial charge < -0.3 is 15.1 Å². The second kappa shape index (κ2) is 8.22. The van der Waals surface area contributed by atoms with Crippen LogP contribution in [0.5, 0.6) is 0 Å². The van der Waals surface area contributed by atoms with Crippen LogP contribution >= 0.6 is 11.6 Å².